The summed E-state index contributed by atoms with van der Waals surface area (Å²) in [6, 6.07) is 0.122. The number of rotatable bonds is 5. The lowest BCUT2D eigenvalue weighted by Crippen LogP contribution is -2.49. The quantitative estimate of drug-likeness (QED) is 0.335. The van der Waals surface area contributed by atoms with E-state index in [1.807, 2.05) is 13.8 Å². The Labute approximate surface area is 149 Å². The molecule has 1 aliphatic rings. The molecule has 1 saturated heterocycles. The van der Waals surface area contributed by atoms with E-state index in [4.69, 9.17) is 5.73 Å². The number of halogens is 1. The van der Waals surface area contributed by atoms with Gasteiger partial charge >= 0.3 is 0 Å². The molecule has 0 aromatic carbocycles. The maximum atomic E-state index is 11.7. The van der Waals surface area contributed by atoms with E-state index in [0.717, 1.165) is 25.9 Å². The van der Waals surface area contributed by atoms with Gasteiger partial charge in [0.05, 0.1) is 6.54 Å². The van der Waals surface area contributed by atoms with Crippen LogP contribution >= 0.6 is 24.0 Å². The number of piperidine rings is 1. The first-order valence-corrected chi connectivity index (χ1v) is 7.45. The minimum absolute atomic E-state index is 0. The second-order valence-electron chi connectivity index (χ2n) is 5.75. The number of amides is 2. The summed E-state index contributed by atoms with van der Waals surface area (Å²) in [6.07, 6.45) is 2.41. The standard InChI is InChI=1S/C14H27N5O2.HI/c1-10(2)18-13(21)8-17-14(16-3)19-6-4-5-11(9-19)7-12(15)20;/h10-11H,4-9H2,1-3H3,(H2,15,20)(H,16,17)(H,18,21);1H. The Morgan fingerprint density at radius 2 is 2.09 bits per heavy atom. The van der Waals surface area contributed by atoms with Crippen LogP contribution in [0.15, 0.2) is 4.99 Å². The van der Waals surface area contributed by atoms with E-state index in [0.29, 0.717) is 12.4 Å². The minimum atomic E-state index is -0.263. The molecule has 2 amide bonds. The number of likely N-dealkylation sites (tertiary alicyclic amines) is 1. The summed E-state index contributed by atoms with van der Waals surface area (Å²) >= 11 is 0. The van der Waals surface area contributed by atoms with Gasteiger partial charge in [-0.15, -0.1) is 24.0 Å². The lowest BCUT2D eigenvalue weighted by atomic mass is 9.95. The van der Waals surface area contributed by atoms with Crippen LogP contribution in [0.1, 0.15) is 33.1 Å². The molecule has 0 aromatic rings. The molecule has 0 radical (unpaired) electrons. The number of guanidine groups is 1. The van der Waals surface area contributed by atoms with Crippen LogP contribution in [0.5, 0.6) is 0 Å². The Hall–Kier alpha value is -1.06. The highest BCUT2D eigenvalue weighted by atomic mass is 127. The van der Waals surface area contributed by atoms with E-state index in [1.165, 1.54) is 0 Å². The monoisotopic (exact) mass is 425 g/mol. The maximum Gasteiger partial charge on any atom is 0.239 e. The number of nitrogens with one attached hydrogen (secondary N) is 2. The van der Waals surface area contributed by atoms with E-state index in [1.54, 1.807) is 7.05 Å². The van der Waals surface area contributed by atoms with Crippen LogP contribution in [0, 0.1) is 5.92 Å². The Kier molecular flexibility index (Phi) is 10.1. The summed E-state index contributed by atoms with van der Waals surface area (Å²) in [5, 5.41) is 5.89. The molecule has 1 heterocycles. The predicted octanol–water partition coefficient (Wildman–Crippen LogP) is 0.292. The molecular weight excluding hydrogens is 397 g/mol. The van der Waals surface area contributed by atoms with E-state index in [2.05, 4.69) is 20.5 Å². The van der Waals surface area contributed by atoms with Gasteiger partial charge in [-0.25, -0.2) is 0 Å². The van der Waals surface area contributed by atoms with Crippen LogP contribution < -0.4 is 16.4 Å². The average molecular weight is 425 g/mol. The second kappa shape index (κ2) is 10.6. The molecule has 1 atom stereocenters. The zero-order chi connectivity index (χ0) is 15.8. The van der Waals surface area contributed by atoms with Crippen molar-refractivity contribution in [2.75, 3.05) is 26.7 Å². The number of primary amides is 1. The molecule has 0 aliphatic carbocycles. The molecule has 7 nitrogen and oxygen atoms in total. The van der Waals surface area contributed by atoms with Crippen LogP contribution in [-0.4, -0.2) is 55.4 Å². The van der Waals surface area contributed by atoms with Crippen molar-refractivity contribution in [1.82, 2.24) is 15.5 Å². The van der Waals surface area contributed by atoms with Gasteiger partial charge in [-0.2, -0.15) is 0 Å². The summed E-state index contributed by atoms with van der Waals surface area (Å²) in [5.74, 6) is 0.639. The molecule has 4 N–H and O–H groups in total. The van der Waals surface area contributed by atoms with E-state index >= 15 is 0 Å². The van der Waals surface area contributed by atoms with Crippen molar-refractivity contribution in [3.63, 3.8) is 0 Å². The van der Waals surface area contributed by atoms with Gasteiger partial charge in [0.15, 0.2) is 5.96 Å². The van der Waals surface area contributed by atoms with Gasteiger partial charge in [0.2, 0.25) is 11.8 Å². The Bertz CT molecular complexity index is 401. The number of hydrogen-bond acceptors (Lipinski definition) is 3. The normalized spacial score (nSPS) is 18.6. The SMILES string of the molecule is CN=C(NCC(=O)NC(C)C)N1CCCC(CC(N)=O)C1.I. The van der Waals surface area contributed by atoms with Crippen LogP contribution in [0.4, 0.5) is 0 Å². The van der Waals surface area contributed by atoms with Crippen molar-refractivity contribution >= 4 is 41.8 Å². The van der Waals surface area contributed by atoms with E-state index in [9.17, 15) is 9.59 Å². The summed E-state index contributed by atoms with van der Waals surface area (Å²) in [7, 11) is 1.69. The fourth-order valence-corrected chi connectivity index (χ4v) is 2.57. The van der Waals surface area contributed by atoms with Crippen molar-refractivity contribution in [3.8, 4) is 0 Å². The first kappa shape index (κ1) is 20.9. The molecule has 1 fully saturated rings. The topological polar surface area (TPSA) is 99.8 Å². The third-order valence-electron chi connectivity index (χ3n) is 3.38. The minimum Gasteiger partial charge on any atom is -0.370 e. The Morgan fingerprint density at radius 3 is 2.64 bits per heavy atom. The molecule has 128 valence electrons. The number of nitrogens with zero attached hydrogens (tertiary/aromatic N) is 2. The molecule has 1 rings (SSSR count). The first-order valence-electron chi connectivity index (χ1n) is 7.45. The van der Waals surface area contributed by atoms with Gasteiger partial charge in [-0.1, -0.05) is 0 Å². The van der Waals surface area contributed by atoms with Crippen LogP contribution in [0.3, 0.4) is 0 Å². The number of hydrogen-bond donors (Lipinski definition) is 3. The Balaban J connectivity index is 0.00000441. The maximum absolute atomic E-state index is 11.7. The highest BCUT2D eigenvalue weighted by Crippen LogP contribution is 2.19. The van der Waals surface area contributed by atoms with Crippen LogP contribution in [-0.2, 0) is 9.59 Å². The van der Waals surface area contributed by atoms with Crippen LogP contribution in [0.2, 0.25) is 0 Å². The summed E-state index contributed by atoms with van der Waals surface area (Å²) < 4.78 is 0. The molecular formula is C14H28IN5O2. The molecule has 0 bridgehead atoms. The summed E-state index contributed by atoms with van der Waals surface area (Å²) in [4.78, 5) is 29.0. The second-order valence-corrected chi connectivity index (χ2v) is 5.75. The lowest BCUT2D eigenvalue weighted by molar-refractivity contribution is -0.120. The zero-order valence-electron chi connectivity index (χ0n) is 13.6. The highest BCUT2D eigenvalue weighted by Gasteiger charge is 2.23. The van der Waals surface area contributed by atoms with Crippen molar-refractivity contribution in [1.29, 1.82) is 0 Å². The van der Waals surface area contributed by atoms with Gasteiger partial charge < -0.3 is 21.3 Å². The number of carbonyl (C=O) groups excluding carboxylic acids is 2. The fourth-order valence-electron chi connectivity index (χ4n) is 2.57. The van der Waals surface area contributed by atoms with Crippen LogP contribution in [0.25, 0.3) is 0 Å². The Morgan fingerprint density at radius 1 is 1.41 bits per heavy atom. The molecule has 0 saturated carbocycles. The summed E-state index contributed by atoms with van der Waals surface area (Å²) in [5.41, 5.74) is 5.27. The summed E-state index contributed by atoms with van der Waals surface area (Å²) in [6.45, 7) is 5.66. The van der Waals surface area contributed by atoms with Gasteiger partial charge in [-0.05, 0) is 32.6 Å². The van der Waals surface area contributed by atoms with E-state index in [-0.39, 0.29) is 54.3 Å². The predicted molar refractivity (Wildman–Crippen MR) is 98.2 cm³/mol. The molecule has 22 heavy (non-hydrogen) atoms. The van der Waals surface area contributed by atoms with Gasteiger partial charge in [0, 0.05) is 32.6 Å². The molecule has 8 heteroatoms. The van der Waals surface area contributed by atoms with E-state index < -0.39 is 0 Å². The van der Waals surface area contributed by atoms with Gasteiger partial charge in [0.1, 0.15) is 0 Å². The molecule has 0 aromatic heterocycles. The fraction of sp³-hybridized carbons (Fsp3) is 0.786. The molecule has 0 spiro atoms. The largest absolute Gasteiger partial charge is 0.370 e. The highest BCUT2D eigenvalue weighted by molar-refractivity contribution is 14.0. The third-order valence-corrected chi connectivity index (χ3v) is 3.38. The van der Waals surface area contributed by atoms with Gasteiger partial charge in [-0.3, -0.25) is 14.6 Å². The zero-order valence-corrected chi connectivity index (χ0v) is 15.9. The molecule has 1 unspecified atom stereocenters. The third kappa shape index (κ3) is 7.81. The first-order chi connectivity index (χ1) is 9.92. The van der Waals surface area contributed by atoms with Gasteiger partial charge in [0.25, 0.3) is 0 Å². The van der Waals surface area contributed by atoms with Crippen molar-refractivity contribution < 1.29 is 9.59 Å². The number of aliphatic imine (C=N–C) groups is 1. The van der Waals surface area contributed by atoms with Crippen molar-refractivity contribution in [2.24, 2.45) is 16.6 Å². The number of nitrogens with two attached hydrogens (primary N) is 1. The van der Waals surface area contributed by atoms with Crippen molar-refractivity contribution in [2.45, 2.75) is 39.2 Å². The number of carbonyl (C=O) groups is 2. The smallest absolute Gasteiger partial charge is 0.239 e. The average Bonchev–Trinajstić information content (AvgIpc) is 2.38. The molecule has 1 aliphatic heterocycles. The van der Waals surface area contributed by atoms with Crippen molar-refractivity contribution in [3.05, 3.63) is 0 Å². The lowest BCUT2D eigenvalue weighted by Gasteiger charge is -2.34.